The SMILES string of the molecule is COc1cc(C=Cc2ccc(O)c(OC)c2NC(=O)/C=C/c2cccc([N+](=O)[O-])c2)cc(OC)c1OC. The number of carbonyl (C=O) groups excluding carboxylic acids is 1. The number of non-ortho nitro benzene ring substituents is 1. The van der Waals surface area contributed by atoms with Crippen molar-refractivity contribution >= 4 is 35.5 Å². The summed E-state index contributed by atoms with van der Waals surface area (Å²) < 4.78 is 21.5. The zero-order valence-corrected chi connectivity index (χ0v) is 20.7. The topological polar surface area (TPSA) is 129 Å². The molecule has 0 aromatic heterocycles. The maximum atomic E-state index is 12.7. The van der Waals surface area contributed by atoms with Gasteiger partial charge in [0, 0.05) is 23.8 Å². The van der Waals surface area contributed by atoms with Crippen LogP contribution in [0.25, 0.3) is 18.2 Å². The summed E-state index contributed by atoms with van der Waals surface area (Å²) in [5.74, 6) is 0.790. The van der Waals surface area contributed by atoms with Crippen LogP contribution in [-0.2, 0) is 4.79 Å². The molecule has 0 saturated carbocycles. The maximum absolute atomic E-state index is 12.7. The molecular formula is C27H26N2O8. The summed E-state index contributed by atoms with van der Waals surface area (Å²) in [7, 11) is 5.92. The molecule has 192 valence electrons. The van der Waals surface area contributed by atoms with E-state index < -0.39 is 10.8 Å². The normalized spacial score (nSPS) is 10.9. The number of rotatable bonds is 10. The Kier molecular flexibility index (Phi) is 8.71. The third-order valence-corrected chi connectivity index (χ3v) is 5.27. The number of phenols is 1. The fraction of sp³-hybridized carbons (Fsp3) is 0.148. The highest BCUT2D eigenvalue weighted by Gasteiger charge is 2.16. The number of nitrogens with one attached hydrogen (secondary N) is 1. The molecule has 3 aromatic rings. The van der Waals surface area contributed by atoms with E-state index in [4.69, 9.17) is 18.9 Å². The fourth-order valence-electron chi connectivity index (χ4n) is 3.52. The minimum Gasteiger partial charge on any atom is -0.504 e. The molecule has 0 aliphatic rings. The summed E-state index contributed by atoms with van der Waals surface area (Å²) in [6.45, 7) is 0. The quantitative estimate of drug-likeness (QED) is 0.167. The van der Waals surface area contributed by atoms with Crippen LogP contribution in [0.1, 0.15) is 16.7 Å². The van der Waals surface area contributed by atoms with Gasteiger partial charge in [0.15, 0.2) is 23.0 Å². The highest BCUT2D eigenvalue weighted by atomic mass is 16.6. The molecule has 10 heteroatoms. The predicted molar refractivity (Wildman–Crippen MR) is 140 cm³/mol. The van der Waals surface area contributed by atoms with Gasteiger partial charge in [0.25, 0.3) is 5.69 Å². The van der Waals surface area contributed by atoms with Gasteiger partial charge in [0.05, 0.1) is 39.0 Å². The molecule has 3 aromatic carbocycles. The molecule has 0 spiro atoms. The molecule has 10 nitrogen and oxygen atoms in total. The second-order valence-electron chi connectivity index (χ2n) is 7.55. The number of amides is 1. The zero-order chi connectivity index (χ0) is 26.9. The fourth-order valence-corrected chi connectivity index (χ4v) is 3.52. The summed E-state index contributed by atoms with van der Waals surface area (Å²) >= 11 is 0. The van der Waals surface area contributed by atoms with E-state index in [1.807, 2.05) is 0 Å². The van der Waals surface area contributed by atoms with Crippen molar-refractivity contribution in [2.24, 2.45) is 0 Å². The van der Waals surface area contributed by atoms with Crippen LogP contribution in [0.3, 0.4) is 0 Å². The average Bonchev–Trinajstić information content (AvgIpc) is 2.91. The van der Waals surface area contributed by atoms with Crippen molar-refractivity contribution in [3.63, 3.8) is 0 Å². The minimum atomic E-state index is -0.530. The first-order valence-electron chi connectivity index (χ1n) is 10.9. The van der Waals surface area contributed by atoms with Gasteiger partial charge >= 0.3 is 0 Å². The predicted octanol–water partition coefficient (Wildman–Crippen LogP) is 5.16. The van der Waals surface area contributed by atoms with E-state index in [0.29, 0.717) is 28.4 Å². The maximum Gasteiger partial charge on any atom is 0.270 e. The van der Waals surface area contributed by atoms with Crippen molar-refractivity contribution in [2.75, 3.05) is 33.8 Å². The lowest BCUT2D eigenvalue weighted by Crippen LogP contribution is -2.10. The van der Waals surface area contributed by atoms with Crippen LogP contribution in [0.2, 0.25) is 0 Å². The number of nitro benzene ring substituents is 1. The number of hydrogen-bond acceptors (Lipinski definition) is 8. The smallest absolute Gasteiger partial charge is 0.270 e. The van der Waals surface area contributed by atoms with E-state index >= 15 is 0 Å². The number of hydrogen-bond donors (Lipinski definition) is 2. The van der Waals surface area contributed by atoms with Crippen LogP contribution in [0.15, 0.2) is 54.6 Å². The summed E-state index contributed by atoms with van der Waals surface area (Å²) in [6, 6.07) is 12.5. The summed E-state index contributed by atoms with van der Waals surface area (Å²) in [5, 5.41) is 24.0. The highest BCUT2D eigenvalue weighted by Crippen LogP contribution is 2.40. The molecule has 0 aliphatic carbocycles. The lowest BCUT2D eigenvalue weighted by molar-refractivity contribution is -0.384. The van der Waals surface area contributed by atoms with Crippen molar-refractivity contribution in [3.8, 4) is 28.7 Å². The van der Waals surface area contributed by atoms with Gasteiger partial charge in [-0.05, 0) is 41.5 Å². The van der Waals surface area contributed by atoms with E-state index in [9.17, 15) is 20.0 Å². The van der Waals surface area contributed by atoms with E-state index in [-0.39, 0.29) is 22.9 Å². The number of benzene rings is 3. The summed E-state index contributed by atoms with van der Waals surface area (Å²) in [4.78, 5) is 23.2. The number of nitrogens with zero attached hydrogens (tertiary/aromatic N) is 1. The van der Waals surface area contributed by atoms with Crippen LogP contribution in [0.4, 0.5) is 11.4 Å². The Morgan fingerprint density at radius 1 is 0.865 bits per heavy atom. The zero-order valence-electron chi connectivity index (χ0n) is 20.7. The number of anilines is 1. The van der Waals surface area contributed by atoms with Gasteiger partial charge in [0.1, 0.15) is 0 Å². The van der Waals surface area contributed by atoms with Gasteiger partial charge < -0.3 is 29.4 Å². The Morgan fingerprint density at radius 3 is 2.14 bits per heavy atom. The second-order valence-corrected chi connectivity index (χ2v) is 7.55. The van der Waals surface area contributed by atoms with Gasteiger partial charge in [-0.2, -0.15) is 0 Å². The lowest BCUT2D eigenvalue weighted by Gasteiger charge is -2.14. The standard InChI is InChI=1S/C27H26N2O8/c1-34-22-15-18(16-23(35-2)27(22)37-4)8-10-19-11-12-21(30)26(36-3)25(19)28-24(31)13-9-17-6-5-7-20(14-17)29(32)33/h5-16,30H,1-4H3,(H,28,31)/b10-8?,13-9+. The molecule has 1 amide bonds. The van der Waals surface area contributed by atoms with Gasteiger partial charge in [-0.25, -0.2) is 0 Å². The molecule has 0 radical (unpaired) electrons. The largest absolute Gasteiger partial charge is 0.504 e. The van der Waals surface area contributed by atoms with E-state index in [0.717, 1.165) is 5.56 Å². The third-order valence-electron chi connectivity index (χ3n) is 5.27. The Morgan fingerprint density at radius 2 is 1.54 bits per heavy atom. The van der Waals surface area contributed by atoms with E-state index in [2.05, 4.69) is 5.32 Å². The minimum absolute atomic E-state index is 0.0733. The van der Waals surface area contributed by atoms with Crippen LogP contribution in [0.5, 0.6) is 28.7 Å². The molecule has 3 rings (SSSR count). The summed E-state index contributed by atoms with van der Waals surface area (Å²) in [5.41, 5.74) is 1.90. The van der Waals surface area contributed by atoms with Crippen LogP contribution in [0, 0.1) is 10.1 Å². The van der Waals surface area contributed by atoms with Crippen molar-refractivity contribution in [3.05, 3.63) is 81.4 Å². The molecule has 0 bridgehead atoms. The number of carbonyl (C=O) groups is 1. The number of phenolic OH excluding ortho intramolecular Hbond substituents is 1. The van der Waals surface area contributed by atoms with Gasteiger partial charge in [0.2, 0.25) is 11.7 Å². The second kappa shape index (κ2) is 12.1. The van der Waals surface area contributed by atoms with Crippen molar-refractivity contribution in [1.29, 1.82) is 0 Å². The lowest BCUT2D eigenvalue weighted by atomic mass is 10.1. The number of nitro groups is 1. The first-order valence-corrected chi connectivity index (χ1v) is 10.9. The van der Waals surface area contributed by atoms with Gasteiger partial charge in [-0.1, -0.05) is 24.3 Å². The van der Waals surface area contributed by atoms with E-state index in [1.54, 1.807) is 36.4 Å². The number of aromatic hydroxyl groups is 1. The van der Waals surface area contributed by atoms with Crippen LogP contribution < -0.4 is 24.3 Å². The highest BCUT2D eigenvalue weighted by molar-refractivity contribution is 6.04. The van der Waals surface area contributed by atoms with E-state index in [1.165, 1.54) is 64.9 Å². The average molecular weight is 507 g/mol. The van der Waals surface area contributed by atoms with Crippen LogP contribution in [-0.4, -0.2) is 44.4 Å². The van der Waals surface area contributed by atoms with Crippen LogP contribution >= 0.6 is 0 Å². The van der Waals surface area contributed by atoms with Crippen molar-refractivity contribution in [2.45, 2.75) is 0 Å². The third kappa shape index (κ3) is 6.37. The Bertz CT molecular complexity index is 1340. The summed E-state index contributed by atoms with van der Waals surface area (Å²) in [6.07, 6.45) is 6.17. The molecule has 0 heterocycles. The monoisotopic (exact) mass is 506 g/mol. The molecule has 0 aliphatic heterocycles. The van der Waals surface area contributed by atoms with Gasteiger partial charge in [-0.3, -0.25) is 14.9 Å². The van der Waals surface area contributed by atoms with Crippen molar-refractivity contribution in [1.82, 2.24) is 0 Å². The van der Waals surface area contributed by atoms with Crippen molar-refractivity contribution < 1.29 is 33.8 Å². The molecule has 0 fully saturated rings. The molecule has 0 saturated heterocycles. The Labute approximate surface area is 213 Å². The molecule has 2 N–H and O–H groups in total. The van der Waals surface area contributed by atoms with Gasteiger partial charge in [-0.15, -0.1) is 0 Å². The molecular weight excluding hydrogens is 480 g/mol. The first-order chi connectivity index (χ1) is 17.8. The number of ether oxygens (including phenoxy) is 4. The Hall–Kier alpha value is -4.99. The Balaban J connectivity index is 1.93. The first kappa shape index (κ1) is 26.6. The number of methoxy groups -OCH3 is 4. The molecule has 0 unspecified atom stereocenters. The molecule has 0 atom stereocenters. The molecule has 37 heavy (non-hydrogen) atoms.